The molecular formula is C28H35FN8. The van der Waals surface area contributed by atoms with Crippen LogP contribution in [0.2, 0.25) is 0 Å². The second-order valence-corrected chi connectivity index (χ2v) is 11.3. The molecule has 0 radical (unpaired) electrons. The van der Waals surface area contributed by atoms with E-state index in [1.165, 1.54) is 25.0 Å². The van der Waals surface area contributed by atoms with Crippen LogP contribution in [0.4, 0.5) is 33.5 Å². The Bertz CT molecular complexity index is 1280. The quantitative estimate of drug-likeness (QED) is 0.510. The summed E-state index contributed by atoms with van der Waals surface area (Å²) in [5, 5.41) is 7.09. The average Bonchev–Trinajstić information content (AvgIpc) is 3.10. The highest BCUT2D eigenvalue weighted by molar-refractivity contribution is 5.73. The van der Waals surface area contributed by atoms with E-state index in [1.807, 2.05) is 26.1 Å². The van der Waals surface area contributed by atoms with E-state index in [4.69, 9.17) is 9.97 Å². The van der Waals surface area contributed by atoms with Crippen LogP contribution in [-0.4, -0.2) is 52.7 Å². The number of anilines is 5. The molecule has 1 aliphatic carbocycles. The summed E-state index contributed by atoms with van der Waals surface area (Å²) < 4.78 is 13.7. The molecule has 0 spiro atoms. The zero-order valence-corrected chi connectivity index (χ0v) is 22.0. The first-order chi connectivity index (χ1) is 17.8. The number of aromatic nitrogens is 4. The summed E-state index contributed by atoms with van der Waals surface area (Å²) in [6.07, 6.45) is 4.97. The second-order valence-electron chi connectivity index (χ2n) is 11.3. The largest absolute Gasteiger partial charge is 0.373 e. The van der Waals surface area contributed by atoms with Crippen LogP contribution in [0, 0.1) is 24.6 Å². The summed E-state index contributed by atoms with van der Waals surface area (Å²) in [6, 6.07) is 9.08. The zero-order chi connectivity index (χ0) is 25.7. The van der Waals surface area contributed by atoms with E-state index in [0.29, 0.717) is 23.8 Å². The van der Waals surface area contributed by atoms with Crippen molar-refractivity contribution < 1.29 is 4.39 Å². The van der Waals surface area contributed by atoms with Crippen molar-refractivity contribution in [2.24, 2.45) is 11.8 Å². The van der Waals surface area contributed by atoms with Gasteiger partial charge in [0.05, 0.1) is 0 Å². The fourth-order valence-electron chi connectivity index (χ4n) is 6.42. The van der Waals surface area contributed by atoms with Crippen molar-refractivity contribution in [1.82, 2.24) is 19.9 Å². The molecule has 1 aromatic carbocycles. The minimum absolute atomic E-state index is 0.0806. The number of halogens is 1. The molecule has 2 aliphatic heterocycles. The molecule has 1 saturated heterocycles. The third-order valence-electron chi connectivity index (χ3n) is 8.40. The molecule has 194 valence electrons. The Morgan fingerprint density at radius 2 is 1.76 bits per heavy atom. The monoisotopic (exact) mass is 502 g/mol. The van der Waals surface area contributed by atoms with Crippen LogP contribution in [0.3, 0.4) is 0 Å². The Morgan fingerprint density at radius 3 is 2.43 bits per heavy atom. The molecule has 9 heteroatoms. The maximum absolute atomic E-state index is 13.7. The molecule has 3 aromatic rings. The van der Waals surface area contributed by atoms with Crippen molar-refractivity contribution in [2.75, 3.05) is 47.1 Å². The van der Waals surface area contributed by atoms with Gasteiger partial charge in [-0.3, -0.25) is 0 Å². The van der Waals surface area contributed by atoms with Gasteiger partial charge in [-0.25, -0.2) is 14.4 Å². The van der Waals surface area contributed by atoms with Gasteiger partial charge in [-0.05, 0) is 67.7 Å². The van der Waals surface area contributed by atoms with Gasteiger partial charge in [-0.2, -0.15) is 9.97 Å². The molecule has 3 aliphatic rings. The number of nitrogens with zero attached hydrogens (tertiary/aromatic N) is 6. The maximum atomic E-state index is 13.7. The molecule has 2 aromatic heterocycles. The maximum Gasteiger partial charge on any atom is 0.226 e. The third kappa shape index (κ3) is 4.34. The predicted octanol–water partition coefficient (Wildman–Crippen LogP) is 4.90. The lowest BCUT2D eigenvalue weighted by Crippen LogP contribution is -2.48. The fourth-order valence-corrected chi connectivity index (χ4v) is 6.42. The summed E-state index contributed by atoms with van der Waals surface area (Å²) in [7, 11) is 1.92. The highest BCUT2D eigenvalue weighted by Crippen LogP contribution is 2.46. The van der Waals surface area contributed by atoms with Crippen LogP contribution in [-0.2, 0) is 5.41 Å². The summed E-state index contributed by atoms with van der Waals surface area (Å²) in [4.78, 5) is 23.5. The summed E-state index contributed by atoms with van der Waals surface area (Å²) in [5.41, 5.74) is 2.96. The molecular weight excluding hydrogens is 467 g/mol. The molecule has 0 amide bonds. The highest BCUT2D eigenvalue weighted by atomic mass is 19.1. The van der Waals surface area contributed by atoms with Crippen LogP contribution < -0.4 is 20.4 Å². The van der Waals surface area contributed by atoms with Crippen LogP contribution in [0.15, 0.2) is 36.7 Å². The van der Waals surface area contributed by atoms with Gasteiger partial charge < -0.3 is 20.4 Å². The summed E-state index contributed by atoms with van der Waals surface area (Å²) in [5.74, 6) is 4.18. The van der Waals surface area contributed by atoms with Crippen molar-refractivity contribution >= 4 is 29.1 Å². The van der Waals surface area contributed by atoms with E-state index in [0.717, 1.165) is 60.5 Å². The number of piperidine rings is 1. The number of benzene rings is 1. The van der Waals surface area contributed by atoms with Gasteiger partial charge in [-0.15, -0.1) is 0 Å². The molecule has 2 fully saturated rings. The third-order valence-corrected chi connectivity index (χ3v) is 8.40. The molecule has 2 bridgehead atoms. The number of aryl methyl sites for hydroxylation is 1. The summed E-state index contributed by atoms with van der Waals surface area (Å²) in [6.45, 7) is 9.24. The first-order valence-corrected chi connectivity index (χ1v) is 13.3. The normalized spacial score (nSPS) is 24.1. The van der Waals surface area contributed by atoms with Crippen LogP contribution in [0.5, 0.6) is 0 Å². The number of nitrogens with one attached hydrogen (secondary N) is 2. The smallest absolute Gasteiger partial charge is 0.226 e. The average molecular weight is 503 g/mol. The lowest BCUT2D eigenvalue weighted by molar-refractivity contribution is 0.374. The van der Waals surface area contributed by atoms with E-state index in [1.54, 1.807) is 6.33 Å². The fraction of sp³-hybridized carbons (Fsp3) is 0.500. The van der Waals surface area contributed by atoms with E-state index in [2.05, 4.69) is 50.3 Å². The Morgan fingerprint density at radius 1 is 1.03 bits per heavy atom. The standard InChI is InChI=1S/C28H35FN8/c1-17-13-22(32-16-31-17)36-14-18-5-6-19(15-36)24(18)33-27-34-25(30-4)23-26(35-27)37(12-11-28(23,2)3)21-9-7-20(29)8-10-21/h7-10,13,16,18-19,24H,5-6,11-12,14-15H2,1-4H3,(H2,30,33,34,35). The number of hydrogen-bond donors (Lipinski definition) is 2. The molecule has 37 heavy (non-hydrogen) atoms. The lowest BCUT2D eigenvalue weighted by Gasteiger charge is -2.41. The van der Waals surface area contributed by atoms with Crippen molar-refractivity contribution in [3.63, 3.8) is 0 Å². The Balaban J connectivity index is 1.31. The summed E-state index contributed by atoms with van der Waals surface area (Å²) >= 11 is 0. The molecule has 2 atom stereocenters. The molecule has 1 saturated carbocycles. The van der Waals surface area contributed by atoms with Crippen molar-refractivity contribution in [3.05, 3.63) is 53.7 Å². The van der Waals surface area contributed by atoms with E-state index in [9.17, 15) is 4.39 Å². The van der Waals surface area contributed by atoms with Gasteiger partial charge in [0.25, 0.3) is 0 Å². The van der Waals surface area contributed by atoms with Crippen molar-refractivity contribution in [2.45, 2.75) is 51.5 Å². The zero-order valence-electron chi connectivity index (χ0n) is 22.0. The number of rotatable bonds is 5. The lowest BCUT2D eigenvalue weighted by atomic mass is 9.79. The van der Waals surface area contributed by atoms with E-state index in [-0.39, 0.29) is 11.2 Å². The van der Waals surface area contributed by atoms with Gasteiger partial charge in [-0.1, -0.05) is 13.8 Å². The SMILES string of the molecule is CNc1nc(NC2C3CCC2CN(c2cc(C)ncn2)C3)nc2c1C(C)(C)CCN2c1ccc(F)cc1. The highest BCUT2D eigenvalue weighted by Gasteiger charge is 2.43. The van der Waals surface area contributed by atoms with Crippen LogP contribution in [0.25, 0.3) is 0 Å². The Kier molecular flexibility index (Phi) is 5.88. The minimum Gasteiger partial charge on any atom is -0.373 e. The predicted molar refractivity (Wildman–Crippen MR) is 145 cm³/mol. The molecule has 2 N–H and O–H groups in total. The van der Waals surface area contributed by atoms with Gasteiger partial charge in [0.15, 0.2) is 0 Å². The molecule has 2 unspecified atom stereocenters. The van der Waals surface area contributed by atoms with E-state index >= 15 is 0 Å². The number of fused-ring (bicyclic) bond motifs is 3. The molecule has 4 heterocycles. The second kappa shape index (κ2) is 9.11. The van der Waals surface area contributed by atoms with Gasteiger partial charge >= 0.3 is 0 Å². The topological polar surface area (TPSA) is 82.1 Å². The molecule has 6 rings (SSSR count). The Labute approximate surface area is 217 Å². The minimum atomic E-state index is -0.235. The first-order valence-electron chi connectivity index (χ1n) is 13.3. The van der Waals surface area contributed by atoms with Crippen LogP contribution in [0.1, 0.15) is 44.4 Å². The van der Waals surface area contributed by atoms with Gasteiger partial charge in [0.1, 0.15) is 29.6 Å². The first kappa shape index (κ1) is 23.9. The van der Waals surface area contributed by atoms with Gasteiger partial charge in [0.2, 0.25) is 5.95 Å². The van der Waals surface area contributed by atoms with Crippen molar-refractivity contribution in [3.8, 4) is 0 Å². The van der Waals surface area contributed by atoms with Gasteiger partial charge in [0, 0.05) is 55.7 Å². The van der Waals surface area contributed by atoms with Crippen molar-refractivity contribution in [1.29, 1.82) is 0 Å². The number of hydrogen-bond acceptors (Lipinski definition) is 8. The molecule has 8 nitrogen and oxygen atoms in total. The van der Waals surface area contributed by atoms with Crippen LogP contribution >= 0.6 is 0 Å². The Hall–Kier alpha value is -3.49. The van der Waals surface area contributed by atoms with E-state index < -0.39 is 0 Å².